The number of piperidine rings is 3. The predicted molar refractivity (Wildman–Crippen MR) is 127 cm³/mol. The molecule has 7 heteroatoms. The van der Waals surface area contributed by atoms with Crippen molar-refractivity contribution in [3.05, 3.63) is 94.7 Å². The third kappa shape index (κ3) is 4.00. The topological polar surface area (TPSA) is 88.4 Å². The highest BCUT2D eigenvalue weighted by molar-refractivity contribution is 5.95. The van der Waals surface area contributed by atoms with E-state index in [0.29, 0.717) is 11.8 Å². The number of nitro benzene ring substituents is 1. The molecule has 0 aliphatic carbocycles. The van der Waals surface area contributed by atoms with Crippen LogP contribution in [0.15, 0.2) is 73.4 Å². The molecule has 3 fully saturated rings. The summed E-state index contributed by atoms with van der Waals surface area (Å²) in [6.07, 6.45) is 5.95. The van der Waals surface area contributed by atoms with Crippen molar-refractivity contribution in [2.75, 3.05) is 13.1 Å². The molecule has 168 valence electrons. The van der Waals surface area contributed by atoms with Crippen LogP contribution in [0, 0.1) is 22.0 Å². The van der Waals surface area contributed by atoms with Crippen molar-refractivity contribution < 1.29 is 9.72 Å². The molecule has 3 saturated heterocycles. The Morgan fingerprint density at radius 2 is 2.09 bits per heavy atom. The molecule has 3 aromatic rings. The second-order valence-corrected chi connectivity index (χ2v) is 8.92. The molecule has 0 radical (unpaired) electrons. The van der Waals surface area contributed by atoms with E-state index in [4.69, 9.17) is 0 Å². The van der Waals surface area contributed by atoms with E-state index in [1.807, 2.05) is 30.3 Å². The summed E-state index contributed by atoms with van der Waals surface area (Å²) < 4.78 is 0. The van der Waals surface area contributed by atoms with Crippen LogP contribution < -0.4 is 5.32 Å². The van der Waals surface area contributed by atoms with E-state index < -0.39 is 4.92 Å². The summed E-state index contributed by atoms with van der Waals surface area (Å²) in [5.41, 5.74) is 2.09. The number of rotatable bonds is 6. The van der Waals surface area contributed by atoms with Crippen LogP contribution in [-0.2, 0) is 0 Å². The molecule has 3 aliphatic heterocycles. The van der Waals surface area contributed by atoms with Gasteiger partial charge in [0.2, 0.25) is 0 Å². The second-order valence-electron chi connectivity index (χ2n) is 8.92. The number of nitrogens with one attached hydrogen (secondary N) is 1. The molecule has 2 aromatic carbocycles. The molecule has 0 spiro atoms. The lowest BCUT2D eigenvalue weighted by Crippen LogP contribution is -2.57. The van der Waals surface area contributed by atoms with Gasteiger partial charge in [-0.1, -0.05) is 30.3 Å². The van der Waals surface area contributed by atoms with E-state index in [0.717, 1.165) is 42.4 Å². The van der Waals surface area contributed by atoms with Crippen molar-refractivity contribution in [1.82, 2.24) is 15.2 Å². The van der Waals surface area contributed by atoms with Crippen LogP contribution in [0.25, 0.3) is 10.9 Å². The summed E-state index contributed by atoms with van der Waals surface area (Å²) in [4.78, 5) is 31.0. The first-order valence-corrected chi connectivity index (χ1v) is 11.3. The van der Waals surface area contributed by atoms with Crippen LogP contribution in [0.5, 0.6) is 0 Å². The molecular weight excluding hydrogens is 416 g/mol. The lowest BCUT2D eigenvalue weighted by molar-refractivity contribution is -0.384. The van der Waals surface area contributed by atoms with Gasteiger partial charge in [0, 0.05) is 41.9 Å². The van der Waals surface area contributed by atoms with Crippen LogP contribution in [0.1, 0.15) is 34.8 Å². The zero-order valence-corrected chi connectivity index (χ0v) is 18.3. The van der Waals surface area contributed by atoms with Gasteiger partial charge in [0.15, 0.2) is 0 Å². The number of fused-ring (bicyclic) bond motifs is 4. The second kappa shape index (κ2) is 8.75. The Balaban J connectivity index is 1.53. The summed E-state index contributed by atoms with van der Waals surface area (Å²) in [6.45, 7) is 5.95. The minimum Gasteiger partial charge on any atom is -0.344 e. The van der Waals surface area contributed by atoms with Gasteiger partial charge >= 0.3 is 0 Å². The van der Waals surface area contributed by atoms with Gasteiger partial charge < -0.3 is 5.32 Å². The quantitative estimate of drug-likeness (QED) is 0.345. The minimum atomic E-state index is -0.480. The number of nitro groups is 1. The summed E-state index contributed by atoms with van der Waals surface area (Å²) >= 11 is 0. The van der Waals surface area contributed by atoms with E-state index in [-0.39, 0.29) is 29.2 Å². The molecule has 2 bridgehead atoms. The lowest BCUT2D eigenvalue weighted by atomic mass is 9.73. The Kier molecular flexibility index (Phi) is 5.64. The molecule has 0 saturated carbocycles. The zero-order chi connectivity index (χ0) is 22.9. The fourth-order valence-electron chi connectivity index (χ4n) is 5.48. The number of non-ortho nitro benzene ring substituents is 1. The number of benzene rings is 2. The van der Waals surface area contributed by atoms with Gasteiger partial charge in [-0.05, 0) is 55.0 Å². The number of hydrogen-bond acceptors (Lipinski definition) is 5. The van der Waals surface area contributed by atoms with E-state index >= 15 is 0 Å². The Morgan fingerprint density at radius 1 is 1.24 bits per heavy atom. The molecule has 7 nitrogen and oxygen atoms in total. The van der Waals surface area contributed by atoms with Crippen LogP contribution in [-0.4, -0.2) is 39.8 Å². The fourth-order valence-corrected chi connectivity index (χ4v) is 5.48. The first kappa shape index (κ1) is 21.3. The third-order valence-corrected chi connectivity index (χ3v) is 7.16. The number of carbonyl (C=O) groups excluding carboxylic acids is 1. The number of aromatic nitrogens is 1. The van der Waals surface area contributed by atoms with Gasteiger partial charge in [0.1, 0.15) is 0 Å². The molecular formula is C26H26N4O3. The van der Waals surface area contributed by atoms with E-state index in [1.54, 1.807) is 18.3 Å². The highest BCUT2D eigenvalue weighted by atomic mass is 16.6. The molecule has 1 unspecified atom stereocenters. The number of carbonyl (C=O) groups is 1. The minimum absolute atomic E-state index is 0.0946. The molecule has 1 N–H and O–H groups in total. The number of nitrogens with zero attached hydrogens (tertiary/aromatic N) is 3. The van der Waals surface area contributed by atoms with Gasteiger partial charge in [-0.3, -0.25) is 24.8 Å². The molecule has 6 rings (SSSR count). The van der Waals surface area contributed by atoms with Gasteiger partial charge in [-0.2, -0.15) is 0 Å². The molecule has 4 heterocycles. The standard InChI is InChI=1S/C26H26N4O3/c1-2-17-16-29-13-11-18(17)15-24(29)25(22-10-12-27-23-9-4-3-8-21(22)23)28-26(31)19-6-5-7-20(14-19)30(32)33/h2-10,12,14,17-18,24-25H,1,11,13,15-16H2,(H,28,31)/t17-,18-,24+,25+/m0/s1. The Bertz CT molecular complexity index is 1220. The Hall–Kier alpha value is -3.58. The smallest absolute Gasteiger partial charge is 0.270 e. The summed E-state index contributed by atoms with van der Waals surface area (Å²) in [5, 5.41) is 15.5. The maximum absolute atomic E-state index is 13.3. The highest BCUT2D eigenvalue weighted by Crippen LogP contribution is 2.42. The lowest BCUT2D eigenvalue weighted by Gasteiger charge is -2.51. The number of para-hydroxylation sites is 1. The number of pyridine rings is 1. The summed E-state index contributed by atoms with van der Waals surface area (Å²) in [6, 6.07) is 15.7. The monoisotopic (exact) mass is 442 g/mol. The molecule has 1 amide bonds. The van der Waals surface area contributed by atoms with Gasteiger partial charge in [-0.15, -0.1) is 6.58 Å². The molecule has 5 atom stereocenters. The zero-order valence-electron chi connectivity index (χ0n) is 18.3. The SMILES string of the molecule is C=C[C@H]1CN2CC[C@H]1C[C@@H]2[C@H](NC(=O)c1cccc([N+](=O)[O-])c1)c1ccnc2ccccc12. The largest absolute Gasteiger partial charge is 0.344 e. The summed E-state index contributed by atoms with van der Waals surface area (Å²) in [7, 11) is 0. The first-order valence-electron chi connectivity index (χ1n) is 11.3. The number of amides is 1. The molecule has 33 heavy (non-hydrogen) atoms. The van der Waals surface area contributed by atoms with Crippen molar-refractivity contribution in [2.24, 2.45) is 11.8 Å². The van der Waals surface area contributed by atoms with Gasteiger partial charge in [0.25, 0.3) is 11.6 Å². The normalized spacial score (nSPS) is 24.8. The first-order chi connectivity index (χ1) is 16.0. The van der Waals surface area contributed by atoms with Crippen LogP contribution in [0.4, 0.5) is 5.69 Å². The van der Waals surface area contributed by atoms with E-state index in [1.165, 1.54) is 12.1 Å². The third-order valence-electron chi connectivity index (χ3n) is 7.16. The fraction of sp³-hybridized carbons (Fsp3) is 0.308. The van der Waals surface area contributed by atoms with Crippen LogP contribution >= 0.6 is 0 Å². The Labute approximate surface area is 192 Å². The van der Waals surface area contributed by atoms with Crippen molar-refractivity contribution in [1.29, 1.82) is 0 Å². The van der Waals surface area contributed by atoms with Crippen molar-refractivity contribution in [3.8, 4) is 0 Å². The van der Waals surface area contributed by atoms with Gasteiger partial charge in [-0.25, -0.2) is 0 Å². The van der Waals surface area contributed by atoms with Crippen molar-refractivity contribution in [3.63, 3.8) is 0 Å². The van der Waals surface area contributed by atoms with Crippen LogP contribution in [0.3, 0.4) is 0 Å². The van der Waals surface area contributed by atoms with E-state index in [2.05, 4.69) is 27.9 Å². The average Bonchev–Trinajstić information content (AvgIpc) is 2.87. The summed E-state index contributed by atoms with van der Waals surface area (Å²) in [5.74, 6) is 0.702. The number of hydrogen-bond donors (Lipinski definition) is 1. The van der Waals surface area contributed by atoms with Crippen molar-refractivity contribution in [2.45, 2.75) is 24.9 Å². The van der Waals surface area contributed by atoms with E-state index in [9.17, 15) is 14.9 Å². The average molecular weight is 443 g/mol. The highest BCUT2D eigenvalue weighted by Gasteiger charge is 2.43. The molecule has 3 aliphatic rings. The maximum atomic E-state index is 13.3. The maximum Gasteiger partial charge on any atom is 0.270 e. The Morgan fingerprint density at radius 3 is 2.85 bits per heavy atom. The van der Waals surface area contributed by atoms with Crippen LogP contribution in [0.2, 0.25) is 0 Å². The predicted octanol–water partition coefficient (Wildman–Crippen LogP) is 4.51. The van der Waals surface area contributed by atoms with Gasteiger partial charge in [0.05, 0.1) is 16.5 Å². The molecule has 1 aromatic heterocycles. The van der Waals surface area contributed by atoms with Crippen molar-refractivity contribution >= 4 is 22.5 Å².